The van der Waals surface area contributed by atoms with Gasteiger partial charge in [-0.15, -0.1) is 0 Å². The number of nitrogens with two attached hydrogens (primary N) is 1. The van der Waals surface area contributed by atoms with E-state index in [9.17, 15) is 18.0 Å². The highest BCUT2D eigenvalue weighted by atomic mass is 19.4. The van der Waals surface area contributed by atoms with Gasteiger partial charge in [-0.05, 0) is 44.1 Å². The van der Waals surface area contributed by atoms with Crippen molar-refractivity contribution in [3.63, 3.8) is 0 Å². The summed E-state index contributed by atoms with van der Waals surface area (Å²) in [5, 5.41) is 0. The monoisotopic (exact) mass is 316 g/mol. The third kappa shape index (κ3) is 3.91. The number of benzene rings is 1. The molecule has 2 rings (SSSR count). The van der Waals surface area contributed by atoms with E-state index >= 15 is 0 Å². The Morgan fingerprint density at radius 1 is 1.41 bits per heavy atom. The Morgan fingerprint density at radius 2 is 2.14 bits per heavy atom. The lowest BCUT2D eigenvalue weighted by Crippen LogP contribution is -2.33. The summed E-state index contributed by atoms with van der Waals surface area (Å²) in [6.07, 6.45) is -2.54. The van der Waals surface area contributed by atoms with E-state index in [-0.39, 0.29) is 17.4 Å². The van der Waals surface area contributed by atoms with Gasteiger partial charge in [0.2, 0.25) is 5.91 Å². The van der Waals surface area contributed by atoms with Gasteiger partial charge in [-0.25, -0.2) is 0 Å². The molecule has 1 heterocycles. The Balaban J connectivity index is 2.16. The van der Waals surface area contributed by atoms with Crippen molar-refractivity contribution >= 4 is 5.91 Å². The van der Waals surface area contributed by atoms with E-state index in [1.165, 1.54) is 6.07 Å². The van der Waals surface area contributed by atoms with Crippen molar-refractivity contribution in [2.75, 3.05) is 19.7 Å². The molecule has 1 fully saturated rings. The lowest BCUT2D eigenvalue weighted by Gasteiger charge is -2.23. The maximum Gasteiger partial charge on any atom is 0.416 e. The second-order valence-corrected chi connectivity index (χ2v) is 5.34. The van der Waals surface area contributed by atoms with Gasteiger partial charge in [0.25, 0.3) is 0 Å². The van der Waals surface area contributed by atoms with Crippen LogP contribution in [0, 0.1) is 0 Å². The van der Waals surface area contributed by atoms with Gasteiger partial charge >= 0.3 is 6.18 Å². The van der Waals surface area contributed by atoms with Gasteiger partial charge < -0.3 is 10.5 Å². The zero-order valence-corrected chi connectivity index (χ0v) is 12.3. The molecule has 4 nitrogen and oxygen atoms in total. The Kier molecular flexibility index (Phi) is 4.95. The molecule has 1 aromatic carbocycles. The predicted octanol–water partition coefficient (Wildman–Crippen LogP) is 2.67. The quantitative estimate of drug-likeness (QED) is 0.908. The Labute approximate surface area is 127 Å². The summed E-state index contributed by atoms with van der Waals surface area (Å²) in [5.74, 6) is -0.890. The molecule has 0 spiro atoms. The van der Waals surface area contributed by atoms with E-state index in [0.717, 1.165) is 38.1 Å². The fourth-order valence-electron chi connectivity index (χ4n) is 2.68. The van der Waals surface area contributed by atoms with Gasteiger partial charge in [-0.3, -0.25) is 9.69 Å². The third-order valence-corrected chi connectivity index (χ3v) is 3.87. The van der Waals surface area contributed by atoms with E-state index in [4.69, 9.17) is 10.5 Å². The number of likely N-dealkylation sites (N-methyl/N-ethyl adjacent to an activating group) is 1. The zero-order valence-electron chi connectivity index (χ0n) is 12.3. The van der Waals surface area contributed by atoms with Crippen LogP contribution in [0.5, 0.6) is 5.75 Å². The first-order valence-corrected chi connectivity index (χ1v) is 7.20. The van der Waals surface area contributed by atoms with Crippen LogP contribution in [0.25, 0.3) is 0 Å². The van der Waals surface area contributed by atoms with Crippen LogP contribution in [-0.2, 0) is 6.18 Å². The second-order valence-electron chi connectivity index (χ2n) is 5.34. The number of nitrogens with zero attached hydrogens (tertiary/aromatic N) is 1. The number of halogens is 3. The molecule has 1 amide bonds. The number of amides is 1. The lowest BCUT2D eigenvalue weighted by molar-refractivity contribution is -0.137. The molecule has 122 valence electrons. The first-order chi connectivity index (χ1) is 10.3. The van der Waals surface area contributed by atoms with Crippen LogP contribution in [0.1, 0.15) is 35.7 Å². The van der Waals surface area contributed by atoms with Crippen molar-refractivity contribution in [3.05, 3.63) is 29.3 Å². The number of hydrogen-bond acceptors (Lipinski definition) is 3. The van der Waals surface area contributed by atoms with Crippen molar-refractivity contribution in [3.8, 4) is 5.75 Å². The van der Waals surface area contributed by atoms with E-state index in [2.05, 4.69) is 4.90 Å². The van der Waals surface area contributed by atoms with E-state index in [1.54, 1.807) is 0 Å². The fraction of sp³-hybridized carbons (Fsp3) is 0.533. The molecule has 0 aliphatic carbocycles. The summed E-state index contributed by atoms with van der Waals surface area (Å²) < 4.78 is 44.1. The molecule has 0 bridgehead atoms. The number of alkyl halides is 3. The number of rotatable bonds is 5. The van der Waals surface area contributed by atoms with Crippen molar-refractivity contribution < 1.29 is 22.7 Å². The molecule has 22 heavy (non-hydrogen) atoms. The molecule has 7 heteroatoms. The maximum absolute atomic E-state index is 12.9. The highest BCUT2D eigenvalue weighted by Crippen LogP contribution is 2.33. The Hall–Kier alpha value is -1.76. The molecule has 1 aliphatic rings. The number of hydrogen-bond donors (Lipinski definition) is 1. The second kappa shape index (κ2) is 6.56. The maximum atomic E-state index is 12.9. The van der Waals surface area contributed by atoms with Crippen molar-refractivity contribution in [1.29, 1.82) is 0 Å². The number of carbonyl (C=O) groups excluding carboxylic acids is 1. The highest BCUT2D eigenvalue weighted by Gasteiger charge is 2.32. The van der Waals surface area contributed by atoms with E-state index < -0.39 is 17.6 Å². The van der Waals surface area contributed by atoms with Gasteiger partial charge in [0.1, 0.15) is 12.4 Å². The molecule has 1 unspecified atom stereocenters. The minimum atomic E-state index is -4.55. The topological polar surface area (TPSA) is 55.6 Å². The molecule has 0 radical (unpaired) electrons. The van der Waals surface area contributed by atoms with Gasteiger partial charge in [0, 0.05) is 11.6 Å². The number of carbonyl (C=O) groups is 1. The smallest absolute Gasteiger partial charge is 0.416 e. The summed E-state index contributed by atoms with van der Waals surface area (Å²) in [5.41, 5.74) is 3.95. The van der Waals surface area contributed by atoms with Crippen molar-refractivity contribution in [2.24, 2.45) is 5.73 Å². The molecule has 1 aromatic rings. The summed E-state index contributed by atoms with van der Waals surface area (Å²) in [6, 6.07) is 3.08. The Bertz CT molecular complexity index is 546. The minimum Gasteiger partial charge on any atom is -0.492 e. The summed E-state index contributed by atoms with van der Waals surface area (Å²) in [7, 11) is 0. The molecule has 1 aliphatic heterocycles. The average Bonchev–Trinajstić information content (AvgIpc) is 2.91. The molecule has 1 atom stereocenters. The fourth-order valence-corrected chi connectivity index (χ4v) is 2.68. The van der Waals surface area contributed by atoms with Crippen molar-refractivity contribution in [1.82, 2.24) is 4.90 Å². The lowest BCUT2D eigenvalue weighted by atomic mass is 10.1. The summed E-state index contributed by atoms with van der Waals surface area (Å²) in [6.45, 7) is 4.18. The normalized spacial score (nSPS) is 19.4. The molecule has 1 saturated heterocycles. The van der Waals surface area contributed by atoms with E-state index in [0.29, 0.717) is 6.61 Å². The van der Waals surface area contributed by atoms with Gasteiger partial charge in [0.15, 0.2) is 0 Å². The average molecular weight is 316 g/mol. The summed E-state index contributed by atoms with van der Waals surface area (Å²) in [4.78, 5) is 13.4. The van der Waals surface area contributed by atoms with Gasteiger partial charge in [-0.2, -0.15) is 13.2 Å². The van der Waals surface area contributed by atoms with Crippen LogP contribution >= 0.6 is 0 Å². The molecule has 0 saturated carbocycles. The van der Waals surface area contributed by atoms with Gasteiger partial charge in [0.05, 0.1) is 5.56 Å². The summed E-state index contributed by atoms with van der Waals surface area (Å²) >= 11 is 0. The van der Waals surface area contributed by atoms with Crippen LogP contribution in [0.4, 0.5) is 13.2 Å². The van der Waals surface area contributed by atoms with Crippen LogP contribution < -0.4 is 10.5 Å². The van der Waals surface area contributed by atoms with Crippen LogP contribution in [0.2, 0.25) is 0 Å². The number of ether oxygens (including phenoxy) is 1. The molecule has 0 aromatic heterocycles. The predicted molar refractivity (Wildman–Crippen MR) is 75.7 cm³/mol. The van der Waals surface area contributed by atoms with E-state index in [1.807, 2.05) is 6.92 Å². The third-order valence-electron chi connectivity index (χ3n) is 3.87. The zero-order chi connectivity index (χ0) is 16.3. The molecule has 2 N–H and O–H groups in total. The first-order valence-electron chi connectivity index (χ1n) is 7.20. The standard InChI is InChI=1S/C15H19F3N2O2/c1-2-20-5-3-4-12(20)9-22-13-7-10(14(19)21)6-11(8-13)15(16,17)18/h6-8,12H,2-5,9H2,1H3,(H2,19,21). The van der Waals surface area contributed by atoms with Crippen LogP contribution in [-0.4, -0.2) is 36.5 Å². The number of likely N-dealkylation sites (tertiary alicyclic amines) is 1. The van der Waals surface area contributed by atoms with Crippen LogP contribution in [0.3, 0.4) is 0 Å². The Morgan fingerprint density at radius 3 is 2.73 bits per heavy atom. The number of primary amides is 1. The molecular weight excluding hydrogens is 297 g/mol. The largest absolute Gasteiger partial charge is 0.492 e. The highest BCUT2D eigenvalue weighted by molar-refractivity contribution is 5.93. The minimum absolute atomic E-state index is 0.0200. The SMILES string of the molecule is CCN1CCCC1COc1cc(C(N)=O)cc(C(F)(F)F)c1. The van der Waals surface area contributed by atoms with Crippen LogP contribution in [0.15, 0.2) is 18.2 Å². The molecular formula is C15H19F3N2O2. The van der Waals surface area contributed by atoms with Gasteiger partial charge in [-0.1, -0.05) is 6.92 Å². The first kappa shape index (κ1) is 16.6. The van der Waals surface area contributed by atoms with Crippen molar-refractivity contribution in [2.45, 2.75) is 32.0 Å².